The second kappa shape index (κ2) is 11.8. The van der Waals surface area contributed by atoms with Crippen molar-refractivity contribution in [1.29, 1.82) is 0 Å². The van der Waals surface area contributed by atoms with Crippen LogP contribution in [-0.2, 0) is 4.79 Å². The minimum atomic E-state index is -0.224. The number of nitrogens with zero attached hydrogens (tertiary/aromatic N) is 4. The number of fused-ring (bicyclic) bond motifs is 1. The van der Waals surface area contributed by atoms with Crippen molar-refractivity contribution in [3.8, 4) is 17.3 Å². The standard InChI is InChI=1S/C30H35N7O3/c1-5-25(29(38)31-3)37-12-9-19(10-13-37)22-7-6-21(14-18(22)2)34-28-27-20(8-11-33-30(27)39)15-23(36-28)24-16-32-17-26(35-24)40-4/h6-8,11,14-17,19,25H,5,9-10,12-13H2,1-4H3,(H,31,38)(H,33,39)(H,34,36). The number of aromatic amines is 1. The Balaban J connectivity index is 1.40. The van der Waals surface area contributed by atoms with Crippen molar-refractivity contribution < 1.29 is 9.53 Å². The molecule has 1 aliphatic heterocycles. The van der Waals surface area contributed by atoms with Gasteiger partial charge in [0.25, 0.3) is 5.56 Å². The molecule has 1 fully saturated rings. The molecule has 1 atom stereocenters. The van der Waals surface area contributed by atoms with Crippen LogP contribution < -0.4 is 20.9 Å². The molecule has 1 aromatic carbocycles. The van der Waals surface area contributed by atoms with Crippen molar-refractivity contribution in [1.82, 2.24) is 30.2 Å². The molecule has 1 amide bonds. The number of pyridine rings is 2. The van der Waals surface area contributed by atoms with Gasteiger partial charge in [0.2, 0.25) is 11.8 Å². The highest BCUT2D eigenvalue weighted by Gasteiger charge is 2.29. The number of rotatable bonds is 8. The first-order chi connectivity index (χ1) is 19.4. The lowest BCUT2D eigenvalue weighted by Gasteiger charge is -2.37. The molecular formula is C30H35N7O3. The van der Waals surface area contributed by atoms with Gasteiger partial charge in [-0.25, -0.2) is 9.97 Å². The molecule has 10 nitrogen and oxygen atoms in total. The van der Waals surface area contributed by atoms with Gasteiger partial charge in [-0.2, -0.15) is 0 Å². The van der Waals surface area contributed by atoms with Gasteiger partial charge in [0.1, 0.15) is 11.5 Å². The van der Waals surface area contributed by atoms with E-state index in [1.165, 1.54) is 24.4 Å². The van der Waals surface area contributed by atoms with Crippen LogP contribution in [0, 0.1) is 6.92 Å². The molecule has 10 heteroatoms. The minimum Gasteiger partial charge on any atom is -0.480 e. The fraction of sp³-hybridized carbons (Fsp3) is 0.367. The number of hydrogen-bond acceptors (Lipinski definition) is 8. The summed E-state index contributed by atoms with van der Waals surface area (Å²) in [5.74, 6) is 1.36. The Hall–Kier alpha value is -4.31. The van der Waals surface area contributed by atoms with Crippen LogP contribution in [0.3, 0.4) is 0 Å². The number of H-pyrrole nitrogens is 1. The Kier molecular flexibility index (Phi) is 8.06. The predicted octanol–water partition coefficient (Wildman–Crippen LogP) is 4.14. The minimum absolute atomic E-state index is 0.0668. The first kappa shape index (κ1) is 27.3. The molecule has 3 N–H and O–H groups in total. The number of benzene rings is 1. The lowest BCUT2D eigenvalue weighted by Crippen LogP contribution is -2.48. The molecule has 3 aromatic heterocycles. The van der Waals surface area contributed by atoms with Crippen LogP contribution in [0.1, 0.15) is 43.2 Å². The topological polar surface area (TPSA) is 125 Å². The molecule has 1 saturated heterocycles. The van der Waals surface area contributed by atoms with Crippen molar-refractivity contribution in [2.24, 2.45) is 0 Å². The third-order valence-electron chi connectivity index (χ3n) is 7.72. The Bertz CT molecular complexity index is 1580. The largest absolute Gasteiger partial charge is 0.480 e. The van der Waals surface area contributed by atoms with Crippen LogP contribution in [0.5, 0.6) is 5.88 Å². The van der Waals surface area contributed by atoms with Crippen molar-refractivity contribution in [3.05, 3.63) is 70.4 Å². The summed E-state index contributed by atoms with van der Waals surface area (Å²) >= 11 is 0. The fourth-order valence-electron chi connectivity index (χ4n) is 5.65. The molecule has 1 unspecified atom stereocenters. The number of likely N-dealkylation sites (tertiary alicyclic amines) is 1. The molecule has 208 valence electrons. The van der Waals surface area contributed by atoms with Gasteiger partial charge in [-0.3, -0.25) is 19.5 Å². The quantitative estimate of drug-likeness (QED) is 0.304. The molecule has 0 radical (unpaired) electrons. The average molecular weight is 542 g/mol. The first-order valence-electron chi connectivity index (χ1n) is 13.6. The maximum atomic E-state index is 12.8. The Morgan fingerprint density at radius 2 is 1.95 bits per heavy atom. The van der Waals surface area contributed by atoms with Gasteiger partial charge in [-0.15, -0.1) is 0 Å². The summed E-state index contributed by atoms with van der Waals surface area (Å²) in [6.07, 6.45) is 7.60. The SMILES string of the molecule is CCC(C(=O)NC)N1CCC(c2ccc(Nc3nc(-c4cncc(OC)n4)cc4cc[nH]c(=O)c34)cc2C)CC1. The normalized spacial score (nSPS) is 15.1. The molecule has 0 spiro atoms. The number of anilines is 2. The summed E-state index contributed by atoms with van der Waals surface area (Å²) in [5.41, 5.74) is 4.23. The third-order valence-corrected chi connectivity index (χ3v) is 7.72. The molecule has 0 saturated carbocycles. The van der Waals surface area contributed by atoms with Crippen molar-refractivity contribution >= 4 is 28.2 Å². The number of carbonyl (C=O) groups is 1. The van der Waals surface area contributed by atoms with Gasteiger partial charge in [-0.05, 0) is 86.0 Å². The van der Waals surface area contributed by atoms with E-state index in [9.17, 15) is 9.59 Å². The van der Waals surface area contributed by atoms with Crippen LogP contribution in [0.4, 0.5) is 11.5 Å². The molecule has 0 bridgehead atoms. The number of aryl methyl sites for hydroxylation is 1. The van der Waals surface area contributed by atoms with E-state index in [2.05, 4.69) is 56.5 Å². The number of piperidine rings is 1. The Morgan fingerprint density at radius 3 is 2.65 bits per heavy atom. The highest BCUT2D eigenvalue weighted by Crippen LogP contribution is 2.34. The van der Waals surface area contributed by atoms with Crippen molar-refractivity contribution in [2.45, 2.75) is 45.1 Å². The Labute approximate surface area is 233 Å². The van der Waals surface area contributed by atoms with Gasteiger partial charge in [0.15, 0.2) is 0 Å². The number of carbonyl (C=O) groups excluding carboxylic acids is 1. The lowest BCUT2D eigenvalue weighted by molar-refractivity contribution is -0.126. The molecule has 0 aliphatic carbocycles. The third kappa shape index (κ3) is 5.53. The number of aromatic nitrogens is 4. The van der Waals surface area contributed by atoms with E-state index >= 15 is 0 Å². The highest BCUT2D eigenvalue weighted by atomic mass is 16.5. The zero-order valence-corrected chi connectivity index (χ0v) is 23.3. The van der Waals surface area contributed by atoms with E-state index < -0.39 is 0 Å². The molecule has 40 heavy (non-hydrogen) atoms. The number of likely N-dealkylation sites (N-methyl/N-ethyl adjacent to an activating group) is 1. The van der Waals surface area contributed by atoms with E-state index in [-0.39, 0.29) is 17.5 Å². The van der Waals surface area contributed by atoms with Gasteiger partial charge in [0, 0.05) is 18.9 Å². The summed E-state index contributed by atoms with van der Waals surface area (Å²) in [7, 11) is 3.24. The van der Waals surface area contributed by atoms with E-state index in [1.54, 1.807) is 19.4 Å². The second-order valence-electron chi connectivity index (χ2n) is 10.1. The average Bonchev–Trinajstić information content (AvgIpc) is 2.98. The maximum Gasteiger partial charge on any atom is 0.259 e. The van der Waals surface area contributed by atoms with Crippen molar-refractivity contribution in [2.75, 3.05) is 32.6 Å². The number of hydrogen-bond donors (Lipinski definition) is 3. The smallest absolute Gasteiger partial charge is 0.259 e. The molecule has 5 rings (SSSR count). The second-order valence-corrected chi connectivity index (χ2v) is 10.1. The summed E-state index contributed by atoms with van der Waals surface area (Å²) in [6, 6.07) is 9.91. The van der Waals surface area contributed by atoms with Crippen LogP contribution in [-0.4, -0.2) is 64.0 Å². The number of methoxy groups -OCH3 is 1. The van der Waals surface area contributed by atoms with E-state index in [4.69, 9.17) is 9.72 Å². The van der Waals surface area contributed by atoms with Crippen LogP contribution in [0.15, 0.2) is 53.7 Å². The number of nitrogens with one attached hydrogen (secondary N) is 3. The molecule has 4 aromatic rings. The lowest BCUT2D eigenvalue weighted by atomic mass is 9.86. The van der Waals surface area contributed by atoms with Gasteiger partial charge < -0.3 is 20.4 Å². The van der Waals surface area contributed by atoms with Gasteiger partial charge in [-0.1, -0.05) is 13.0 Å². The Morgan fingerprint density at radius 1 is 1.15 bits per heavy atom. The van der Waals surface area contributed by atoms with Crippen LogP contribution in [0.2, 0.25) is 0 Å². The maximum absolute atomic E-state index is 12.8. The van der Waals surface area contributed by atoms with E-state index in [1.807, 2.05) is 18.2 Å². The molecule has 1 aliphatic rings. The number of amides is 1. The van der Waals surface area contributed by atoms with Gasteiger partial charge in [0.05, 0.1) is 36.6 Å². The van der Waals surface area contributed by atoms with E-state index in [0.29, 0.717) is 34.4 Å². The summed E-state index contributed by atoms with van der Waals surface area (Å²) in [6.45, 7) is 5.98. The summed E-state index contributed by atoms with van der Waals surface area (Å²) in [4.78, 5) is 43.6. The first-order valence-corrected chi connectivity index (χ1v) is 13.6. The van der Waals surface area contributed by atoms with Crippen molar-refractivity contribution in [3.63, 3.8) is 0 Å². The molecular weight excluding hydrogens is 506 g/mol. The zero-order valence-electron chi connectivity index (χ0n) is 23.3. The monoisotopic (exact) mass is 541 g/mol. The molecule has 4 heterocycles. The highest BCUT2D eigenvalue weighted by molar-refractivity contribution is 5.95. The summed E-state index contributed by atoms with van der Waals surface area (Å²) in [5, 5.41) is 7.39. The fourth-order valence-corrected chi connectivity index (χ4v) is 5.65. The zero-order chi connectivity index (χ0) is 28.2. The number of ether oxygens (including phenoxy) is 1. The van der Waals surface area contributed by atoms with Crippen LogP contribution in [0.25, 0.3) is 22.2 Å². The van der Waals surface area contributed by atoms with Crippen LogP contribution >= 0.6 is 0 Å². The predicted molar refractivity (Wildman–Crippen MR) is 156 cm³/mol. The van der Waals surface area contributed by atoms with Gasteiger partial charge >= 0.3 is 0 Å². The summed E-state index contributed by atoms with van der Waals surface area (Å²) < 4.78 is 5.23. The van der Waals surface area contributed by atoms with E-state index in [0.717, 1.165) is 43.4 Å².